The van der Waals surface area contributed by atoms with Gasteiger partial charge in [0.2, 0.25) is 11.8 Å². The maximum Gasteiger partial charge on any atom is 0.243 e. The van der Waals surface area contributed by atoms with Crippen molar-refractivity contribution >= 4 is 28.5 Å². The second kappa shape index (κ2) is 8.57. The molecule has 0 radical (unpaired) electrons. The number of aliphatic hydroxyl groups is 1. The van der Waals surface area contributed by atoms with Crippen molar-refractivity contribution in [2.75, 3.05) is 12.4 Å². The lowest BCUT2D eigenvalue weighted by Gasteiger charge is -2.27. The summed E-state index contributed by atoms with van der Waals surface area (Å²) in [6.07, 6.45) is 2.01. The van der Waals surface area contributed by atoms with E-state index in [2.05, 4.69) is 10.6 Å². The van der Waals surface area contributed by atoms with Crippen LogP contribution in [0.1, 0.15) is 44.7 Å². The molecule has 2 aliphatic heterocycles. The van der Waals surface area contributed by atoms with Gasteiger partial charge in [-0.05, 0) is 16.5 Å². The molecule has 0 spiro atoms. The first-order valence-electron chi connectivity index (χ1n) is 9.64. The highest BCUT2D eigenvalue weighted by atomic mass is 32.2. The van der Waals surface area contributed by atoms with E-state index in [0.717, 1.165) is 17.0 Å². The van der Waals surface area contributed by atoms with Crippen molar-refractivity contribution in [2.45, 2.75) is 52.3 Å². The SMILES string of the molecule is CC(C)(C)CC(=O)N1CC(O)CC1C(=O)NCc1ccc(C2=CNCS2)cc1. The van der Waals surface area contributed by atoms with Crippen molar-refractivity contribution in [3.63, 3.8) is 0 Å². The number of β-amino-alcohol motifs (C(OH)–C–C–N with tert-alkyl or cyclic N) is 1. The molecule has 7 heteroatoms. The highest BCUT2D eigenvalue weighted by molar-refractivity contribution is 8.08. The zero-order chi connectivity index (χ0) is 20.3. The minimum absolute atomic E-state index is 0.0792. The number of hydrogen-bond acceptors (Lipinski definition) is 5. The molecule has 2 amide bonds. The van der Waals surface area contributed by atoms with Crippen LogP contribution in [0.2, 0.25) is 0 Å². The third kappa shape index (κ3) is 5.29. The van der Waals surface area contributed by atoms with Crippen molar-refractivity contribution in [2.24, 2.45) is 5.41 Å². The van der Waals surface area contributed by atoms with Gasteiger partial charge in [-0.3, -0.25) is 9.59 Å². The molecule has 152 valence electrons. The number of nitrogens with one attached hydrogen (secondary N) is 2. The molecule has 0 saturated carbocycles. The summed E-state index contributed by atoms with van der Waals surface area (Å²) in [5, 5.41) is 16.1. The van der Waals surface area contributed by atoms with Crippen LogP contribution < -0.4 is 10.6 Å². The second-order valence-corrected chi connectivity index (χ2v) is 9.62. The summed E-state index contributed by atoms with van der Waals surface area (Å²) in [4.78, 5) is 28.0. The number of nitrogens with zero attached hydrogens (tertiary/aromatic N) is 1. The van der Waals surface area contributed by atoms with Crippen molar-refractivity contribution in [1.29, 1.82) is 0 Å². The molecule has 2 heterocycles. The molecule has 1 aromatic carbocycles. The third-order valence-corrected chi connectivity index (χ3v) is 5.81. The van der Waals surface area contributed by atoms with Gasteiger partial charge in [0.15, 0.2) is 0 Å². The smallest absolute Gasteiger partial charge is 0.243 e. The molecule has 28 heavy (non-hydrogen) atoms. The zero-order valence-corrected chi connectivity index (χ0v) is 17.5. The molecule has 0 aromatic heterocycles. The largest absolute Gasteiger partial charge is 0.391 e. The predicted molar refractivity (Wildman–Crippen MR) is 112 cm³/mol. The van der Waals surface area contributed by atoms with E-state index < -0.39 is 12.1 Å². The molecule has 1 fully saturated rings. The number of rotatable bonds is 5. The van der Waals surface area contributed by atoms with Crippen LogP contribution in [0.3, 0.4) is 0 Å². The Morgan fingerprint density at radius 3 is 2.61 bits per heavy atom. The first kappa shape index (κ1) is 20.7. The van der Waals surface area contributed by atoms with Crippen LogP contribution in [-0.4, -0.2) is 46.4 Å². The first-order valence-corrected chi connectivity index (χ1v) is 10.6. The summed E-state index contributed by atoms with van der Waals surface area (Å²) in [5.41, 5.74) is 2.00. The van der Waals surface area contributed by atoms with Crippen LogP contribution in [0.5, 0.6) is 0 Å². The number of aliphatic hydroxyl groups excluding tert-OH is 1. The van der Waals surface area contributed by atoms with E-state index in [1.807, 2.05) is 51.2 Å². The molecular formula is C21H29N3O3S. The Balaban J connectivity index is 1.57. The molecule has 0 bridgehead atoms. The molecule has 2 unspecified atom stereocenters. The number of hydrogen-bond donors (Lipinski definition) is 3. The topological polar surface area (TPSA) is 81.7 Å². The number of likely N-dealkylation sites (tertiary alicyclic amines) is 1. The summed E-state index contributed by atoms with van der Waals surface area (Å²) < 4.78 is 0. The number of amides is 2. The number of thioether (sulfide) groups is 1. The average Bonchev–Trinajstić information content (AvgIpc) is 3.28. The monoisotopic (exact) mass is 403 g/mol. The van der Waals surface area contributed by atoms with E-state index in [0.29, 0.717) is 19.4 Å². The molecule has 2 aliphatic rings. The van der Waals surface area contributed by atoms with Gasteiger partial charge in [0.25, 0.3) is 0 Å². The summed E-state index contributed by atoms with van der Waals surface area (Å²) in [6, 6.07) is 7.50. The van der Waals surface area contributed by atoms with Gasteiger partial charge in [-0.2, -0.15) is 0 Å². The first-order chi connectivity index (χ1) is 13.2. The zero-order valence-electron chi connectivity index (χ0n) is 16.7. The summed E-state index contributed by atoms with van der Waals surface area (Å²) in [7, 11) is 0. The van der Waals surface area contributed by atoms with E-state index in [9.17, 15) is 14.7 Å². The van der Waals surface area contributed by atoms with Gasteiger partial charge in [-0.15, -0.1) is 11.8 Å². The minimum Gasteiger partial charge on any atom is -0.391 e. The highest BCUT2D eigenvalue weighted by Gasteiger charge is 2.39. The molecular weight excluding hydrogens is 374 g/mol. The standard InChI is InChI=1S/C21H29N3O3S/c1-21(2,3)9-19(26)24-12-16(25)8-17(24)20(27)23-10-14-4-6-15(7-5-14)18-11-22-13-28-18/h4-7,11,16-17,22,25H,8-10,12-13H2,1-3H3,(H,23,27). The van der Waals surface area contributed by atoms with Gasteiger partial charge in [-0.25, -0.2) is 0 Å². The van der Waals surface area contributed by atoms with Gasteiger partial charge in [-0.1, -0.05) is 45.0 Å². The quantitative estimate of drug-likeness (QED) is 0.703. The normalized spacial score (nSPS) is 22.0. The van der Waals surface area contributed by atoms with Crippen LogP contribution in [0.4, 0.5) is 0 Å². The van der Waals surface area contributed by atoms with Gasteiger partial charge in [0.1, 0.15) is 6.04 Å². The molecule has 6 nitrogen and oxygen atoms in total. The third-order valence-electron chi connectivity index (χ3n) is 4.83. The lowest BCUT2D eigenvalue weighted by molar-refractivity contribution is -0.140. The maximum absolute atomic E-state index is 12.7. The molecule has 3 N–H and O–H groups in total. The van der Waals surface area contributed by atoms with Crippen LogP contribution in [-0.2, 0) is 16.1 Å². The van der Waals surface area contributed by atoms with Gasteiger partial charge >= 0.3 is 0 Å². The molecule has 1 saturated heterocycles. The van der Waals surface area contributed by atoms with E-state index in [1.165, 1.54) is 9.81 Å². The Kier molecular flexibility index (Phi) is 6.35. The van der Waals surface area contributed by atoms with Crippen molar-refractivity contribution < 1.29 is 14.7 Å². The van der Waals surface area contributed by atoms with Crippen LogP contribution in [0.25, 0.3) is 4.91 Å². The molecule has 3 rings (SSSR count). The minimum atomic E-state index is -0.648. The lowest BCUT2D eigenvalue weighted by atomic mass is 9.91. The highest BCUT2D eigenvalue weighted by Crippen LogP contribution is 2.29. The number of benzene rings is 1. The van der Waals surface area contributed by atoms with Crippen LogP contribution in [0, 0.1) is 5.41 Å². The summed E-state index contributed by atoms with van der Waals surface area (Å²) in [6.45, 7) is 6.60. The van der Waals surface area contributed by atoms with E-state index in [1.54, 1.807) is 11.8 Å². The van der Waals surface area contributed by atoms with Crippen molar-refractivity contribution in [1.82, 2.24) is 15.5 Å². The number of carbonyl (C=O) groups is 2. The Bertz CT molecular complexity index is 755. The predicted octanol–water partition coefficient (Wildman–Crippen LogP) is 2.29. The summed E-state index contributed by atoms with van der Waals surface area (Å²) >= 11 is 1.76. The molecule has 1 aromatic rings. The number of carbonyl (C=O) groups excluding carboxylic acids is 2. The Hall–Kier alpha value is -1.99. The average molecular weight is 404 g/mol. The Labute approximate surface area is 170 Å². The lowest BCUT2D eigenvalue weighted by Crippen LogP contribution is -2.46. The van der Waals surface area contributed by atoms with Gasteiger partial charge in [0, 0.05) is 37.0 Å². The van der Waals surface area contributed by atoms with Crippen LogP contribution in [0.15, 0.2) is 30.5 Å². The van der Waals surface area contributed by atoms with Gasteiger partial charge in [0.05, 0.1) is 12.0 Å². The second-order valence-electron chi connectivity index (χ2n) is 8.60. The van der Waals surface area contributed by atoms with Crippen molar-refractivity contribution in [3.8, 4) is 0 Å². The van der Waals surface area contributed by atoms with Crippen LogP contribution >= 0.6 is 11.8 Å². The van der Waals surface area contributed by atoms with E-state index in [-0.39, 0.29) is 23.8 Å². The fourth-order valence-corrected chi connectivity index (χ4v) is 4.24. The fraction of sp³-hybridized carbons (Fsp3) is 0.524. The maximum atomic E-state index is 12.7. The van der Waals surface area contributed by atoms with E-state index in [4.69, 9.17) is 0 Å². The Morgan fingerprint density at radius 2 is 2.00 bits per heavy atom. The van der Waals surface area contributed by atoms with Gasteiger partial charge < -0.3 is 20.6 Å². The van der Waals surface area contributed by atoms with Crippen molar-refractivity contribution in [3.05, 3.63) is 41.6 Å². The molecule has 0 aliphatic carbocycles. The van der Waals surface area contributed by atoms with E-state index >= 15 is 0 Å². The summed E-state index contributed by atoms with van der Waals surface area (Å²) in [5.74, 6) is 0.607. The fourth-order valence-electron chi connectivity index (χ4n) is 3.45. The molecule has 2 atom stereocenters. The Morgan fingerprint density at radius 1 is 1.29 bits per heavy atom.